The zero-order valence-electron chi connectivity index (χ0n) is 6.44. The first-order chi connectivity index (χ1) is 6.20. The molecule has 0 aromatic carbocycles. The summed E-state index contributed by atoms with van der Waals surface area (Å²) in [5.41, 5.74) is 0.0644. The van der Waals surface area contributed by atoms with E-state index in [4.69, 9.17) is 0 Å². The predicted octanol–water partition coefficient (Wildman–Crippen LogP) is -0.326. The Morgan fingerprint density at radius 1 is 1.23 bits per heavy atom. The average Bonchev–Trinajstić information content (AvgIpc) is 2.47. The van der Waals surface area contributed by atoms with E-state index in [-0.39, 0.29) is 11.5 Å². The highest BCUT2D eigenvalue weighted by atomic mass is 16.2. The molecule has 0 atom stereocenters. The van der Waals surface area contributed by atoms with Crippen LogP contribution in [0, 0.1) is 0 Å². The molecule has 3 amide bonds. The quantitative estimate of drug-likeness (QED) is 0.593. The molecule has 6 heteroatoms. The van der Waals surface area contributed by atoms with E-state index in [1.807, 2.05) is 5.32 Å². The van der Waals surface area contributed by atoms with Crippen LogP contribution in [0.25, 0.3) is 0 Å². The maximum absolute atomic E-state index is 11.1. The Balaban J connectivity index is 2.51. The van der Waals surface area contributed by atoms with E-state index in [1.54, 1.807) is 0 Å². The summed E-state index contributed by atoms with van der Waals surface area (Å²) in [6, 6.07) is -0.715. The number of amides is 3. The number of amidine groups is 2. The molecule has 0 radical (unpaired) electrons. The van der Waals surface area contributed by atoms with Crippen LogP contribution >= 0.6 is 0 Å². The van der Waals surface area contributed by atoms with Crippen LogP contribution in [-0.4, -0.2) is 29.3 Å². The molecule has 0 fully saturated rings. The first-order valence-electron chi connectivity index (χ1n) is 3.45. The number of carbonyl (C=O) groups excluding carboxylic acids is 2. The summed E-state index contributed by atoms with van der Waals surface area (Å²) in [5, 5.41) is 1.99. The van der Waals surface area contributed by atoms with Gasteiger partial charge in [-0.3, -0.25) is 10.1 Å². The Labute approximate surface area is 72.8 Å². The fourth-order valence-corrected chi connectivity index (χ4v) is 0.953. The van der Waals surface area contributed by atoms with Crippen molar-refractivity contribution in [3.63, 3.8) is 0 Å². The van der Waals surface area contributed by atoms with E-state index < -0.39 is 11.9 Å². The second-order valence-electron chi connectivity index (χ2n) is 2.33. The first-order valence-corrected chi connectivity index (χ1v) is 3.45. The lowest BCUT2D eigenvalue weighted by Crippen LogP contribution is -2.41. The van der Waals surface area contributed by atoms with Crippen LogP contribution in [0.1, 0.15) is 0 Å². The molecule has 2 aliphatic heterocycles. The van der Waals surface area contributed by atoms with E-state index >= 15 is 0 Å². The molecule has 0 bridgehead atoms. The minimum Gasteiger partial charge on any atom is -0.271 e. The first kappa shape index (κ1) is 7.53. The minimum absolute atomic E-state index is 0.0589. The van der Waals surface area contributed by atoms with Gasteiger partial charge in [0, 0.05) is 0 Å². The third-order valence-electron chi connectivity index (χ3n) is 1.48. The van der Waals surface area contributed by atoms with Crippen molar-refractivity contribution in [1.82, 2.24) is 5.32 Å². The number of carbonyl (C=O) groups is 2. The van der Waals surface area contributed by atoms with E-state index in [0.29, 0.717) is 5.84 Å². The summed E-state index contributed by atoms with van der Waals surface area (Å²) >= 11 is 0. The molecule has 0 aliphatic carbocycles. The second kappa shape index (κ2) is 2.44. The van der Waals surface area contributed by atoms with Crippen LogP contribution < -0.4 is 5.32 Å². The van der Waals surface area contributed by atoms with Crippen molar-refractivity contribution >= 4 is 29.3 Å². The number of nitrogens with zero attached hydrogens (tertiary/aromatic N) is 3. The topological polar surface area (TPSA) is 83.2 Å². The highest BCUT2D eigenvalue weighted by Gasteiger charge is 2.29. The van der Waals surface area contributed by atoms with E-state index in [2.05, 4.69) is 21.6 Å². The van der Waals surface area contributed by atoms with E-state index in [9.17, 15) is 9.59 Å². The van der Waals surface area contributed by atoms with Crippen LogP contribution in [0.4, 0.5) is 4.79 Å². The number of aliphatic imine (C=N–C) groups is 3. The van der Waals surface area contributed by atoms with Crippen LogP contribution in [-0.2, 0) is 4.79 Å². The lowest BCUT2D eigenvalue weighted by Gasteiger charge is -2.05. The summed E-state index contributed by atoms with van der Waals surface area (Å²) in [7, 11) is 0. The number of urea groups is 1. The fourth-order valence-electron chi connectivity index (χ4n) is 0.953. The molecule has 1 N–H and O–H groups in total. The van der Waals surface area contributed by atoms with Gasteiger partial charge in [-0.2, -0.15) is 4.99 Å². The minimum atomic E-state index is -0.715. The van der Waals surface area contributed by atoms with Gasteiger partial charge in [-0.05, 0) is 6.08 Å². The van der Waals surface area contributed by atoms with Crippen molar-refractivity contribution in [1.29, 1.82) is 0 Å². The third-order valence-corrected chi connectivity index (χ3v) is 1.48. The van der Waals surface area contributed by atoms with Crippen LogP contribution in [0.3, 0.4) is 0 Å². The fraction of sp³-hybridized carbons (Fsp3) is 0. The predicted molar refractivity (Wildman–Crippen MR) is 46.0 cm³/mol. The molecule has 0 unspecified atom stereocenters. The molecule has 0 saturated heterocycles. The molecule has 0 spiro atoms. The van der Waals surface area contributed by atoms with Gasteiger partial charge in [-0.15, -0.1) is 0 Å². The van der Waals surface area contributed by atoms with Crippen molar-refractivity contribution in [3.8, 4) is 0 Å². The smallest absolute Gasteiger partial charge is 0.271 e. The molecule has 2 rings (SSSR count). The highest BCUT2D eigenvalue weighted by Crippen LogP contribution is 2.05. The Bertz CT molecular complexity index is 416. The van der Waals surface area contributed by atoms with Crippen molar-refractivity contribution in [2.24, 2.45) is 15.0 Å². The zero-order chi connectivity index (χ0) is 9.42. The molecule has 13 heavy (non-hydrogen) atoms. The van der Waals surface area contributed by atoms with Gasteiger partial charge in [0.05, 0.1) is 0 Å². The number of hydrogen-bond donors (Lipinski definition) is 1. The van der Waals surface area contributed by atoms with Crippen molar-refractivity contribution in [2.45, 2.75) is 0 Å². The second-order valence-corrected chi connectivity index (χ2v) is 2.33. The number of imide groups is 1. The Morgan fingerprint density at radius 2 is 2.00 bits per heavy atom. The van der Waals surface area contributed by atoms with Crippen molar-refractivity contribution in [3.05, 3.63) is 12.7 Å². The molecule has 2 aliphatic rings. The number of rotatable bonds is 1. The van der Waals surface area contributed by atoms with Crippen molar-refractivity contribution in [2.75, 3.05) is 0 Å². The van der Waals surface area contributed by atoms with Crippen molar-refractivity contribution < 1.29 is 9.59 Å². The molecular formula is C7H4N4O2. The standard InChI is InChI=1S/C7H4N4O2/c1-2-3-8-4-5(9-3)10-7(13)11-6(4)12/h2H,1H2,(H,11,12,13). The maximum Gasteiger partial charge on any atom is 0.350 e. The molecule has 6 nitrogen and oxygen atoms in total. The van der Waals surface area contributed by atoms with Gasteiger partial charge >= 0.3 is 6.03 Å². The normalized spacial score (nSPS) is 19.8. The lowest BCUT2D eigenvalue weighted by molar-refractivity contribution is -0.113. The molecule has 0 saturated carbocycles. The van der Waals surface area contributed by atoms with Crippen LogP contribution in [0.5, 0.6) is 0 Å². The summed E-state index contributed by atoms with van der Waals surface area (Å²) < 4.78 is 0. The Kier molecular flexibility index (Phi) is 1.42. The molecule has 2 heterocycles. The summed E-state index contributed by atoms with van der Waals surface area (Å²) in [6.07, 6.45) is 1.38. The SMILES string of the molecule is C=CC1=NC2=NC(=O)NC(=O)C2=N1. The summed E-state index contributed by atoms with van der Waals surface area (Å²) in [6.45, 7) is 3.44. The molecule has 0 aromatic rings. The average molecular weight is 176 g/mol. The van der Waals surface area contributed by atoms with Crippen LogP contribution in [0.2, 0.25) is 0 Å². The van der Waals surface area contributed by atoms with Crippen LogP contribution in [0.15, 0.2) is 27.6 Å². The maximum atomic E-state index is 11.1. The zero-order valence-corrected chi connectivity index (χ0v) is 6.44. The van der Waals surface area contributed by atoms with Gasteiger partial charge < -0.3 is 0 Å². The largest absolute Gasteiger partial charge is 0.350 e. The van der Waals surface area contributed by atoms with Gasteiger partial charge in [0.1, 0.15) is 0 Å². The van der Waals surface area contributed by atoms with Gasteiger partial charge in [-0.1, -0.05) is 6.58 Å². The number of nitrogens with one attached hydrogen (secondary N) is 1. The number of fused-ring (bicyclic) bond motifs is 1. The monoisotopic (exact) mass is 176 g/mol. The third kappa shape index (κ3) is 1.08. The lowest BCUT2D eigenvalue weighted by atomic mass is 10.3. The number of hydrogen-bond acceptors (Lipinski definition) is 4. The van der Waals surface area contributed by atoms with Gasteiger partial charge in [0.25, 0.3) is 5.91 Å². The molecule has 64 valence electrons. The molecule has 0 aromatic heterocycles. The summed E-state index contributed by atoms with van der Waals surface area (Å²) in [4.78, 5) is 32.9. The van der Waals surface area contributed by atoms with Gasteiger partial charge in [-0.25, -0.2) is 14.8 Å². The Hall–Kier alpha value is -2.11. The highest BCUT2D eigenvalue weighted by molar-refractivity contribution is 6.72. The van der Waals surface area contributed by atoms with Gasteiger partial charge in [0.2, 0.25) is 0 Å². The van der Waals surface area contributed by atoms with Gasteiger partial charge in [0.15, 0.2) is 17.4 Å². The van der Waals surface area contributed by atoms with E-state index in [0.717, 1.165) is 0 Å². The molecular weight excluding hydrogens is 172 g/mol. The van der Waals surface area contributed by atoms with E-state index in [1.165, 1.54) is 6.08 Å². The Morgan fingerprint density at radius 3 is 2.69 bits per heavy atom. The summed E-state index contributed by atoms with van der Waals surface area (Å²) in [5.74, 6) is -0.224.